The van der Waals surface area contributed by atoms with Crippen molar-refractivity contribution in [1.82, 2.24) is 10.2 Å². The van der Waals surface area contributed by atoms with Crippen molar-refractivity contribution in [2.24, 2.45) is 23.7 Å². The largest absolute Gasteiger partial charge is 0.391 e. The van der Waals surface area contributed by atoms with Crippen molar-refractivity contribution in [3.05, 3.63) is 71.5 Å². The number of nitrogens with one attached hydrogen (secondary N) is 1. The zero-order valence-electron chi connectivity index (χ0n) is 20.9. The Morgan fingerprint density at radius 2 is 1.85 bits per heavy atom. The van der Waals surface area contributed by atoms with E-state index in [4.69, 9.17) is 0 Å². The van der Waals surface area contributed by atoms with Crippen LogP contribution in [0, 0.1) is 23.7 Å². The fourth-order valence-electron chi connectivity index (χ4n) is 5.60. The molecule has 34 heavy (non-hydrogen) atoms. The van der Waals surface area contributed by atoms with Crippen LogP contribution in [0.2, 0.25) is 0 Å². The number of hydrogen-bond acceptors (Lipinski definition) is 3. The van der Waals surface area contributed by atoms with Crippen LogP contribution in [-0.4, -0.2) is 30.8 Å². The number of carbonyl (C=O) groups excluding carboxylic acids is 1. The van der Waals surface area contributed by atoms with Gasteiger partial charge in [0.25, 0.3) is 0 Å². The third-order valence-electron chi connectivity index (χ3n) is 7.62. The summed E-state index contributed by atoms with van der Waals surface area (Å²) in [7, 11) is 0. The van der Waals surface area contributed by atoms with Crippen molar-refractivity contribution in [3.63, 3.8) is 0 Å². The van der Waals surface area contributed by atoms with Crippen molar-refractivity contribution in [3.8, 4) is 0 Å². The average molecular weight is 506 g/mol. The van der Waals surface area contributed by atoms with Crippen molar-refractivity contribution < 1.29 is 4.79 Å². The quantitative estimate of drug-likeness (QED) is 0.449. The van der Waals surface area contributed by atoms with Crippen LogP contribution in [0.15, 0.2) is 60.3 Å². The molecule has 2 aliphatic heterocycles. The van der Waals surface area contributed by atoms with Crippen LogP contribution < -0.4 is 5.32 Å². The van der Waals surface area contributed by atoms with E-state index in [2.05, 4.69) is 85.8 Å². The van der Waals surface area contributed by atoms with Gasteiger partial charge in [-0.15, -0.1) is 24.8 Å². The van der Waals surface area contributed by atoms with Crippen LogP contribution in [0.4, 0.5) is 0 Å². The molecule has 5 heteroatoms. The number of piperidine rings is 1. The van der Waals surface area contributed by atoms with Crippen LogP contribution >= 0.6 is 24.8 Å². The maximum atomic E-state index is 11.1. The Morgan fingerprint density at radius 3 is 2.56 bits per heavy atom. The van der Waals surface area contributed by atoms with Crippen molar-refractivity contribution in [2.75, 3.05) is 19.6 Å². The number of hydrogen-bond donors (Lipinski definition) is 1. The van der Waals surface area contributed by atoms with Crippen LogP contribution in [0.5, 0.6) is 0 Å². The molecule has 1 fully saturated rings. The number of fused-ring (bicyclic) bond motifs is 1. The van der Waals surface area contributed by atoms with E-state index < -0.39 is 0 Å². The van der Waals surface area contributed by atoms with Crippen molar-refractivity contribution >= 4 is 31.1 Å². The van der Waals surface area contributed by atoms with Gasteiger partial charge in [0.15, 0.2) is 0 Å². The maximum Gasteiger partial charge on any atom is 0.120 e. The van der Waals surface area contributed by atoms with E-state index in [1.165, 1.54) is 29.5 Å². The summed E-state index contributed by atoms with van der Waals surface area (Å²) in [5, 5.41) is 3.39. The third kappa shape index (κ3) is 7.23. The summed E-state index contributed by atoms with van der Waals surface area (Å²) in [6.07, 6.45) is 17.0. The summed E-state index contributed by atoms with van der Waals surface area (Å²) in [4.78, 5) is 13.7. The number of aldehydes is 1. The van der Waals surface area contributed by atoms with Gasteiger partial charge in [-0.1, -0.05) is 69.3 Å². The van der Waals surface area contributed by atoms with E-state index in [1.54, 1.807) is 0 Å². The lowest BCUT2D eigenvalue weighted by atomic mass is 9.73. The molecule has 4 unspecified atom stereocenters. The fraction of sp³-hybridized carbons (Fsp3) is 0.552. The normalized spacial score (nSPS) is 26.7. The topological polar surface area (TPSA) is 32.3 Å². The first-order valence-electron chi connectivity index (χ1n) is 12.5. The van der Waals surface area contributed by atoms with E-state index in [0.29, 0.717) is 30.1 Å². The lowest BCUT2D eigenvalue weighted by Gasteiger charge is -2.40. The highest BCUT2D eigenvalue weighted by atomic mass is 35.5. The van der Waals surface area contributed by atoms with E-state index >= 15 is 0 Å². The molecule has 3 nitrogen and oxygen atoms in total. The molecule has 0 aromatic heterocycles. The molecule has 4 atom stereocenters. The van der Waals surface area contributed by atoms with Gasteiger partial charge in [0, 0.05) is 32.0 Å². The predicted molar refractivity (Wildman–Crippen MR) is 148 cm³/mol. The predicted octanol–water partition coefficient (Wildman–Crippen LogP) is 6.48. The van der Waals surface area contributed by atoms with Gasteiger partial charge in [0.1, 0.15) is 6.29 Å². The maximum absolute atomic E-state index is 11.1. The van der Waals surface area contributed by atoms with Gasteiger partial charge in [0.2, 0.25) is 0 Å². The second kappa shape index (κ2) is 13.0. The number of halogens is 2. The van der Waals surface area contributed by atoms with Crippen LogP contribution in [0.3, 0.4) is 0 Å². The molecule has 1 aliphatic carbocycles. The lowest BCUT2D eigenvalue weighted by molar-refractivity contribution is -0.108. The van der Waals surface area contributed by atoms with Gasteiger partial charge < -0.3 is 10.1 Å². The molecule has 1 aromatic rings. The fourth-order valence-corrected chi connectivity index (χ4v) is 5.60. The van der Waals surface area contributed by atoms with Gasteiger partial charge in [-0.05, 0) is 71.9 Å². The minimum atomic E-state index is 0. The second-order valence-electron chi connectivity index (χ2n) is 11.0. The Kier molecular flexibility index (Phi) is 10.9. The molecule has 188 valence electrons. The molecule has 4 rings (SSSR count). The highest BCUT2D eigenvalue weighted by molar-refractivity contribution is 5.85. The first kappa shape index (κ1) is 28.7. The summed E-state index contributed by atoms with van der Waals surface area (Å²) in [5.74, 6) is 2.22. The summed E-state index contributed by atoms with van der Waals surface area (Å²) in [5.41, 5.74) is 4.47. The molecule has 0 bridgehead atoms. The minimum absolute atomic E-state index is 0. The Hall–Kier alpha value is -1.55. The highest BCUT2D eigenvalue weighted by Crippen LogP contribution is 2.38. The van der Waals surface area contributed by atoms with Gasteiger partial charge in [-0.3, -0.25) is 4.90 Å². The summed E-state index contributed by atoms with van der Waals surface area (Å²) in [6.45, 7) is 11.1. The summed E-state index contributed by atoms with van der Waals surface area (Å²) in [6, 6.07) is 9.20. The molecule has 0 saturated carbocycles. The molecule has 0 spiro atoms. The summed E-state index contributed by atoms with van der Waals surface area (Å²) < 4.78 is 0. The Balaban J connectivity index is 0.00000204. The number of benzene rings is 1. The molecule has 0 amide bonds. The molecule has 2 heterocycles. The van der Waals surface area contributed by atoms with Crippen LogP contribution in [0.25, 0.3) is 0 Å². The van der Waals surface area contributed by atoms with Crippen LogP contribution in [0.1, 0.15) is 57.6 Å². The van der Waals surface area contributed by atoms with Gasteiger partial charge in [0.05, 0.1) is 0 Å². The molecule has 0 radical (unpaired) electrons. The first-order chi connectivity index (χ1) is 15.4. The Bertz CT molecular complexity index is 869. The number of allylic oxidation sites excluding steroid dienone is 4. The lowest BCUT2D eigenvalue weighted by Crippen LogP contribution is -2.41. The van der Waals surface area contributed by atoms with E-state index in [0.717, 1.165) is 38.9 Å². The average Bonchev–Trinajstić information content (AvgIpc) is 3.03. The van der Waals surface area contributed by atoms with Crippen LogP contribution in [-0.2, 0) is 16.8 Å². The molecule has 3 aliphatic rings. The van der Waals surface area contributed by atoms with Crippen molar-refractivity contribution in [2.45, 2.75) is 58.4 Å². The minimum Gasteiger partial charge on any atom is -0.391 e. The Labute approximate surface area is 219 Å². The monoisotopic (exact) mass is 504 g/mol. The van der Waals surface area contributed by atoms with E-state index in [9.17, 15) is 4.79 Å². The highest BCUT2D eigenvalue weighted by Gasteiger charge is 2.33. The molecular weight excluding hydrogens is 463 g/mol. The SMILES string of the molecule is CC(C)(C)c1ccc(CN2CCC(CCC=O)C(C3=CC4C=CNCCC4C=C3)C2)cc1.Cl.Cl. The number of rotatable bonds is 6. The second-order valence-corrected chi connectivity index (χ2v) is 11.0. The first-order valence-corrected chi connectivity index (χ1v) is 12.5. The van der Waals surface area contributed by atoms with Gasteiger partial charge in [-0.2, -0.15) is 0 Å². The van der Waals surface area contributed by atoms with Crippen molar-refractivity contribution in [1.29, 1.82) is 0 Å². The van der Waals surface area contributed by atoms with Gasteiger partial charge in [-0.25, -0.2) is 0 Å². The van der Waals surface area contributed by atoms with E-state index in [1.807, 2.05) is 0 Å². The molecular formula is C29H42Cl2N2O. The number of carbonyl (C=O) groups is 1. The number of likely N-dealkylation sites (tertiary alicyclic amines) is 1. The third-order valence-corrected chi connectivity index (χ3v) is 7.62. The zero-order valence-corrected chi connectivity index (χ0v) is 22.5. The van der Waals surface area contributed by atoms with Gasteiger partial charge >= 0.3 is 0 Å². The molecule has 1 N–H and O–H groups in total. The smallest absolute Gasteiger partial charge is 0.120 e. The zero-order chi connectivity index (χ0) is 22.6. The van der Waals surface area contributed by atoms with E-state index in [-0.39, 0.29) is 30.2 Å². The summed E-state index contributed by atoms with van der Waals surface area (Å²) >= 11 is 0. The standard InChI is InChI=1S/C29H40N2O.2ClH/c1-29(2,3)27-10-6-22(7-11-27)20-31-17-14-24(5-4-18-32)28(21-31)26-9-8-23-12-15-30-16-13-25(23)19-26;;/h6-11,13,16,18-19,23-25,28,30H,4-5,12,14-15,17,20-21H2,1-3H3;2*1H. The Morgan fingerprint density at radius 1 is 1.09 bits per heavy atom. The number of nitrogens with zero attached hydrogens (tertiary/aromatic N) is 1. The molecule has 1 aromatic carbocycles. The molecule has 1 saturated heterocycles.